The molecule has 0 radical (unpaired) electrons. The number of halogens is 3. The molecule has 3 nitrogen and oxygen atoms in total. The maximum absolute atomic E-state index is 13.1. The van der Waals surface area contributed by atoms with Gasteiger partial charge < -0.3 is 9.64 Å². The largest absolute Gasteiger partial charge is 0.486 e. The monoisotopic (exact) mass is 559 g/mol. The van der Waals surface area contributed by atoms with Crippen LogP contribution in [0.1, 0.15) is 30.0 Å². The summed E-state index contributed by atoms with van der Waals surface area (Å²) >= 11 is 13.5. The second-order valence-corrected chi connectivity index (χ2v) is 9.34. The zero-order chi connectivity index (χ0) is 22.0. The number of carbonyl (C=O) groups excluding carboxylic acids is 1. The number of para-hydroxylation sites is 1. The lowest BCUT2D eigenvalue weighted by atomic mass is 10.0. The summed E-state index contributed by atoms with van der Waals surface area (Å²) in [7, 11) is 0. The summed E-state index contributed by atoms with van der Waals surface area (Å²) < 4.78 is 7.60. The molecule has 1 aliphatic heterocycles. The average molecular weight is 562 g/mol. The predicted molar refractivity (Wildman–Crippen MR) is 135 cm³/mol. The molecule has 1 heterocycles. The van der Waals surface area contributed by atoms with Gasteiger partial charge in [-0.05, 0) is 74.2 Å². The fourth-order valence-corrected chi connectivity index (χ4v) is 5.27. The Morgan fingerprint density at radius 2 is 1.71 bits per heavy atom. The first-order chi connectivity index (χ1) is 15.0. The lowest BCUT2D eigenvalue weighted by Crippen LogP contribution is -2.26. The van der Waals surface area contributed by atoms with Crippen LogP contribution >= 0.6 is 43.5 Å². The highest BCUT2D eigenvalue weighted by Crippen LogP contribution is 2.40. The fourth-order valence-electron chi connectivity index (χ4n) is 3.62. The molecule has 1 aliphatic rings. The third-order valence-electron chi connectivity index (χ3n) is 5.07. The van der Waals surface area contributed by atoms with E-state index in [9.17, 15) is 4.79 Å². The normalized spacial score (nSPS) is 14.3. The van der Waals surface area contributed by atoms with E-state index >= 15 is 0 Å². The second-order valence-electron chi connectivity index (χ2n) is 7.23. The minimum Gasteiger partial charge on any atom is -0.486 e. The van der Waals surface area contributed by atoms with Crippen LogP contribution in [0.25, 0.3) is 11.6 Å². The predicted octanol–water partition coefficient (Wildman–Crippen LogP) is 7.74. The van der Waals surface area contributed by atoms with E-state index in [1.807, 2.05) is 71.6 Å². The molecule has 31 heavy (non-hydrogen) atoms. The van der Waals surface area contributed by atoms with Crippen LogP contribution in [0.3, 0.4) is 0 Å². The minimum atomic E-state index is 0.0364. The van der Waals surface area contributed by atoms with Gasteiger partial charge in [0.2, 0.25) is 0 Å². The number of hydrogen-bond acceptors (Lipinski definition) is 2. The van der Waals surface area contributed by atoms with Crippen LogP contribution in [0.5, 0.6) is 5.75 Å². The summed E-state index contributed by atoms with van der Waals surface area (Å²) in [4.78, 5) is 14.9. The van der Waals surface area contributed by atoms with Crippen molar-refractivity contribution in [3.8, 4) is 5.75 Å². The van der Waals surface area contributed by atoms with Gasteiger partial charge in [0, 0.05) is 28.3 Å². The number of fused-ring (bicyclic) bond motifs is 1. The molecule has 6 heteroatoms. The van der Waals surface area contributed by atoms with Gasteiger partial charge in [-0.15, -0.1) is 0 Å². The third kappa shape index (κ3) is 4.59. The Hall–Kier alpha value is -2.08. The Balaban J connectivity index is 1.63. The molecule has 3 aromatic carbocycles. The lowest BCUT2D eigenvalue weighted by Gasteiger charge is -2.15. The average Bonchev–Trinajstić information content (AvgIpc) is 3.01. The van der Waals surface area contributed by atoms with Crippen LogP contribution < -0.4 is 9.64 Å². The number of rotatable bonds is 6. The van der Waals surface area contributed by atoms with Gasteiger partial charge in [-0.3, -0.25) is 4.79 Å². The van der Waals surface area contributed by atoms with E-state index in [1.54, 1.807) is 0 Å². The molecule has 0 saturated heterocycles. The summed E-state index contributed by atoms with van der Waals surface area (Å²) in [6.45, 7) is 3.14. The SMILES string of the molecule is CCCN1C(=O)/C(=C\c2cc(Br)c(OCc3ccccc3Cl)c(Br)c2)c2ccccc21. The molecule has 0 aliphatic carbocycles. The summed E-state index contributed by atoms with van der Waals surface area (Å²) in [5, 5.41) is 0.672. The Bertz CT molecular complexity index is 1150. The zero-order valence-corrected chi connectivity index (χ0v) is 20.8. The minimum absolute atomic E-state index is 0.0364. The molecule has 0 aromatic heterocycles. The van der Waals surface area contributed by atoms with Crippen molar-refractivity contribution in [2.75, 3.05) is 11.4 Å². The Morgan fingerprint density at radius 1 is 1.03 bits per heavy atom. The van der Waals surface area contributed by atoms with Crippen molar-refractivity contribution in [2.24, 2.45) is 0 Å². The van der Waals surface area contributed by atoms with Crippen molar-refractivity contribution in [1.82, 2.24) is 0 Å². The molecule has 0 atom stereocenters. The molecule has 0 saturated carbocycles. The van der Waals surface area contributed by atoms with Crippen molar-refractivity contribution in [2.45, 2.75) is 20.0 Å². The van der Waals surface area contributed by atoms with Crippen LogP contribution in [0.15, 0.2) is 69.6 Å². The molecule has 0 fully saturated rings. The molecular weight excluding hydrogens is 542 g/mol. The van der Waals surface area contributed by atoms with E-state index in [4.69, 9.17) is 16.3 Å². The topological polar surface area (TPSA) is 29.5 Å². The van der Waals surface area contributed by atoms with E-state index in [2.05, 4.69) is 38.8 Å². The number of benzene rings is 3. The van der Waals surface area contributed by atoms with Crippen LogP contribution in [0.2, 0.25) is 5.02 Å². The Labute approximate surface area is 203 Å². The standard InChI is InChI=1S/C25H20Br2ClNO2/c1-2-11-29-23-10-6-4-8-18(23)19(25(29)30)12-16-13-20(26)24(21(27)14-16)31-15-17-7-3-5-9-22(17)28/h3-10,12-14H,2,11,15H2,1H3/b19-12-. The molecule has 0 bridgehead atoms. The van der Waals surface area contributed by atoms with Crippen LogP contribution in [-0.2, 0) is 11.4 Å². The van der Waals surface area contributed by atoms with Gasteiger partial charge in [0.15, 0.2) is 0 Å². The number of ether oxygens (including phenoxy) is 1. The van der Waals surface area contributed by atoms with Crippen molar-refractivity contribution in [3.63, 3.8) is 0 Å². The van der Waals surface area contributed by atoms with Gasteiger partial charge in [-0.25, -0.2) is 0 Å². The van der Waals surface area contributed by atoms with E-state index < -0.39 is 0 Å². The summed E-state index contributed by atoms with van der Waals surface area (Å²) in [6.07, 6.45) is 2.84. The highest BCUT2D eigenvalue weighted by Gasteiger charge is 2.31. The molecular formula is C25H20Br2ClNO2. The molecule has 0 N–H and O–H groups in total. The first-order valence-corrected chi connectivity index (χ1v) is 11.9. The first kappa shape index (κ1) is 22.1. The van der Waals surface area contributed by atoms with Crippen LogP contribution in [-0.4, -0.2) is 12.5 Å². The Morgan fingerprint density at radius 3 is 2.42 bits per heavy atom. The van der Waals surface area contributed by atoms with Crippen molar-refractivity contribution in [1.29, 1.82) is 0 Å². The summed E-state index contributed by atoms with van der Waals surface area (Å²) in [6, 6.07) is 19.5. The van der Waals surface area contributed by atoms with Gasteiger partial charge in [-0.1, -0.05) is 54.9 Å². The van der Waals surface area contributed by atoms with Gasteiger partial charge in [0.1, 0.15) is 12.4 Å². The number of carbonyl (C=O) groups is 1. The molecule has 158 valence electrons. The quantitative estimate of drug-likeness (QED) is 0.288. The van der Waals surface area contributed by atoms with Crippen molar-refractivity contribution >= 4 is 66.7 Å². The highest BCUT2D eigenvalue weighted by atomic mass is 79.9. The Kier molecular flexibility index (Phi) is 6.85. The number of hydrogen-bond donors (Lipinski definition) is 0. The summed E-state index contributed by atoms with van der Waals surface area (Å²) in [5.41, 5.74) is 4.46. The van der Waals surface area contributed by atoms with E-state index in [0.717, 1.165) is 37.7 Å². The second kappa shape index (κ2) is 9.60. The number of amides is 1. The van der Waals surface area contributed by atoms with E-state index in [-0.39, 0.29) is 5.91 Å². The summed E-state index contributed by atoms with van der Waals surface area (Å²) in [5.74, 6) is 0.724. The van der Waals surface area contributed by atoms with Gasteiger partial charge in [-0.2, -0.15) is 0 Å². The van der Waals surface area contributed by atoms with E-state index in [1.165, 1.54) is 0 Å². The van der Waals surface area contributed by atoms with Gasteiger partial charge in [0.25, 0.3) is 5.91 Å². The van der Waals surface area contributed by atoms with Crippen molar-refractivity contribution in [3.05, 3.63) is 91.3 Å². The fraction of sp³-hybridized carbons (Fsp3) is 0.160. The van der Waals surface area contributed by atoms with Gasteiger partial charge >= 0.3 is 0 Å². The maximum atomic E-state index is 13.1. The zero-order valence-electron chi connectivity index (χ0n) is 16.9. The number of nitrogens with zero attached hydrogens (tertiary/aromatic N) is 1. The van der Waals surface area contributed by atoms with Gasteiger partial charge in [0.05, 0.1) is 14.6 Å². The molecule has 0 spiro atoms. The molecule has 0 unspecified atom stereocenters. The van der Waals surface area contributed by atoms with Crippen LogP contribution in [0, 0.1) is 0 Å². The number of anilines is 1. The molecule has 1 amide bonds. The van der Waals surface area contributed by atoms with Crippen LogP contribution in [0.4, 0.5) is 5.69 Å². The smallest absolute Gasteiger partial charge is 0.258 e. The first-order valence-electron chi connectivity index (χ1n) is 9.97. The maximum Gasteiger partial charge on any atom is 0.258 e. The lowest BCUT2D eigenvalue weighted by molar-refractivity contribution is -0.113. The molecule has 4 rings (SSSR count). The van der Waals surface area contributed by atoms with E-state index in [0.29, 0.717) is 29.5 Å². The van der Waals surface area contributed by atoms with Crippen molar-refractivity contribution < 1.29 is 9.53 Å². The highest BCUT2D eigenvalue weighted by molar-refractivity contribution is 9.11. The third-order valence-corrected chi connectivity index (χ3v) is 6.62. The molecule has 3 aromatic rings.